The standard InChI is InChI=1S/C24H29ClFN3O3S/c1-27(18-7-3-2-4-8-18)33(31,32)19-11-12-21(25)20(17-19)24(30)29-15-13-28(14-16-29)23-10-6-5-9-22(23)26/h5-6,9-12,17-18H,2-4,7-8,13-16H2,1H3. The minimum Gasteiger partial charge on any atom is -0.366 e. The second-order valence-corrected chi connectivity index (χ2v) is 11.1. The predicted molar refractivity (Wildman–Crippen MR) is 128 cm³/mol. The van der Waals surface area contributed by atoms with Crippen molar-refractivity contribution in [2.75, 3.05) is 38.1 Å². The van der Waals surface area contributed by atoms with Gasteiger partial charge in [-0.1, -0.05) is 43.0 Å². The molecule has 1 saturated heterocycles. The number of nitrogens with zero attached hydrogens (tertiary/aromatic N) is 3. The zero-order valence-corrected chi connectivity index (χ0v) is 20.3. The average Bonchev–Trinajstić information content (AvgIpc) is 2.84. The second-order valence-electron chi connectivity index (χ2n) is 8.69. The van der Waals surface area contributed by atoms with Crippen LogP contribution in [0.4, 0.5) is 10.1 Å². The van der Waals surface area contributed by atoms with Crippen LogP contribution < -0.4 is 4.90 Å². The van der Waals surface area contributed by atoms with Crippen LogP contribution in [-0.2, 0) is 10.0 Å². The quantitative estimate of drug-likeness (QED) is 0.619. The van der Waals surface area contributed by atoms with Crippen LogP contribution in [-0.4, -0.2) is 62.8 Å². The Morgan fingerprint density at radius 2 is 1.70 bits per heavy atom. The van der Waals surface area contributed by atoms with Gasteiger partial charge in [0.1, 0.15) is 5.82 Å². The summed E-state index contributed by atoms with van der Waals surface area (Å²) >= 11 is 6.32. The number of carbonyl (C=O) groups is 1. The topological polar surface area (TPSA) is 60.9 Å². The predicted octanol–water partition coefficient (Wildman–Crippen LogP) is 4.39. The van der Waals surface area contributed by atoms with Gasteiger partial charge in [0.15, 0.2) is 0 Å². The van der Waals surface area contributed by atoms with Crippen molar-refractivity contribution in [2.24, 2.45) is 0 Å². The number of anilines is 1. The molecule has 178 valence electrons. The SMILES string of the molecule is CN(C1CCCCC1)S(=O)(=O)c1ccc(Cl)c(C(=O)N2CCN(c3ccccc3F)CC2)c1. The van der Waals surface area contributed by atoms with E-state index in [4.69, 9.17) is 11.6 Å². The van der Waals surface area contributed by atoms with Crippen molar-refractivity contribution in [1.82, 2.24) is 9.21 Å². The molecule has 6 nitrogen and oxygen atoms in total. The third-order valence-electron chi connectivity index (χ3n) is 6.69. The smallest absolute Gasteiger partial charge is 0.255 e. The maximum Gasteiger partial charge on any atom is 0.255 e. The molecule has 4 rings (SSSR count). The minimum atomic E-state index is -3.74. The number of halogens is 2. The van der Waals surface area contributed by atoms with Crippen LogP contribution in [0.5, 0.6) is 0 Å². The van der Waals surface area contributed by atoms with E-state index in [2.05, 4.69) is 0 Å². The lowest BCUT2D eigenvalue weighted by atomic mass is 9.96. The highest BCUT2D eigenvalue weighted by molar-refractivity contribution is 7.89. The second kappa shape index (κ2) is 9.99. The van der Waals surface area contributed by atoms with Gasteiger partial charge in [0.2, 0.25) is 10.0 Å². The molecule has 2 aromatic rings. The molecule has 2 fully saturated rings. The first kappa shape index (κ1) is 24.0. The molecule has 2 aliphatic rings. The number of rotatable bonds is 5. The van der Waals surface area contributed by atoms with Crippen molar-refractivity contribution in [2.45, 2.75) is 43.0 Å². The van der Waals surface area contributed by atoms with Gasteiger partial charge in [0.05, 0.1) is 21.2 Å². The minimum absolute atomic E-state index is 0.0231. The Kier molecular flexibility index (Phi) is 7.26. The fourth-order valence-electron chi connectivity index (χ4n) is 4.66. The Morgan fingerprint density at radius 3 is 2.36 bits per heavy atom. The molecule has 0 unspecified atom stereocenters. The average molecular weight is 494 g/mol. The van der Waals surface area contributed by atoms with E-state index in [9.17, 15) is 17.6 Å². The van der Waals surface area contributed by atoms with E-state index in [0.717, 1.165) is 32.1 Å². The lowest BCUT2D eigenvalue weighted by molar-refractivity contribution is 0.0746. The number of carbonyl (C=O) groups excluding carboxylic acids is 1. The molecule has 0 bridgehead atoms. The van der Waals surface area contributed by atoms with Crippen molar-refractivity contribution in [1.29, 1.82) is 0 Å². The van der Waals surface area contributed by atoms with E-state index in [1.54, 1.807) is 30.1 Å². The van der Waals surface area contributed by atoms with Crippen molar-refractivity contribution in [3.8, 4) is 0 Å². The van der Waals surface area contributed by atoms with Gasteiger partial charge in [-0.05, 0) is 43.2 Å². The Morgan fingerprint density at radius 1 is 1.03 bits per heavy atom. The Bertz CT molecular complexity index is 1110. The fourth-order valence-corrected chi connectivity index (χ4v) is 6.31. The van der Waals surface area contributed by atoms with Crippen molar-refractivity contribution in [3.05, 3.63) is 58.9 Å². The molecule has 1 aliphatic carbocycles. The van der Waals surface area contributed by atoms with Crippen LogP contribution in [0.3, 0.4) is 0 Å². The maximum atomic E-state index is 14.1. The first-order chi connectivity index (χ1) is 15.8. The number of amides is 1. The third-order valence-corrected chi connectivity index (χ3v) is 8.93. The summed E-state index contributed by atoms with van der Waals surface area (Å²) in [5, 5.41) is 0.218. The summed E-state index contributed by atoms with van der Waals surface area (Å²) in [7, 11) is -2.12. The fraction of sp³-hybridized carbons (Fsp3) is 0.458. The summed E-state index contributed by atoms with van der Waals surface area (Å²) in [5.41, 5.74) is 0.690. The molecule has 9 heteroatoms. The molecule has 1 aliphatic heterocycles. The number of piperazine rings is 1. The van der Waals surface area contributed by atoms with E-state index in [1.165, 1.54) is 28.6 Å². The number of sulfonamides is 1. The first-order valence-electron chi connectivity index (χ1n) is 11.4. The zero-order chi connectivity index (χ0) is 23.6. The molecule has 0 atom stereocenters. The monoisotopic (exact) mass is 493 g/mol. The lowest BCUT2D eigenvalue weighted by Gasteiger charge is -2.36. The highest BCUT2D eigenvalue weighted by atomic mass is 35.5. The third kappa shape index (κ3) is 5.03. The summed E-state index contributed by atoms with van der Waals surface area (Å²) in [6.45, 7) is 1.74. The first-order valence-corrected chi connectivity index (χ1v) is 13.2. The van der Waals surface area contributed by atoms with Gasteiger partial charge in [0, 0.05) is 39.3 Å². The molecular formula is C24H29ClFN3O3S. The number of hydrogen-bond acceptors (Lipinski definition) is 4. The molecule has 1 amide bonds. The number of para-hydroxylation sites is 1. The molecular weight excluding hydrogens is 465 g/mol. The van der Waals surface area contributed by atoms with Gasteiger partial charge < -0.3 is 9.80 Å². The summed E-state index contributed by atoms with van der Waals surface area (Å²) in [6.07, 6.45) is 4.87. The van der Waals surface area contributed by atoms with Gasteiger partial charge in [-0.25, -0.2) is 12.8 Å². The van der Waals surface area contributed by atoms with Gasteiger partial charge in [-0.15, -0.1) is 0 Å². The van der Waals surface area contributed by atoms with Crippen molar-refractivity contribution in [3.63, 3.8) is 0 Å². The van der Waals surface area contributed by atoms with Crippen LogP contribution in [0.2, 0.25) is 5.02 Å². The van der Waals surface area contributed by atoms with Crippen LogP contribution >= 0.6 is 11.6 Å². The highest BCUT2D eigenvalue weighted by Gasteiger charge is 2.31. The maximum absolute atomic E-state index is 14.1. The van der Waals surface area contributed by atoms with Crippen molar-refractivity contribution >= 4 is 33.2 Å². The molecule has 0 N–H and O–H groups in total. The molecule has 1 saturated carbocycles. The Labute approximate surface area is 200 Å². The molecule has 0 radical (unpaired) electrons. The highest BCUT2D eigenvalue weighted by Crippen LogP contribution is 2.29. The van der Waals surface area contributed by atoms with Crippen LogP contribution in [0, 0.1) is 5.82 Å². The number of hydrogen-bond donors (Lipinski definition) is 0. The summed E-state index contributed by atoms with van der Waals surface area (Å²) < 4.78 is 42.0. The van der Waals surface area contributed by atoms with E-state index in [1.807, 2.05) is 4.90 Å². The van der Waals surface area contributed by atoms with Crippen LogP contribution in [0.25, 0.3) is 0 Å². The summed E-state index contributed by atoms with van der Waals surface area (Å²) in [4.78, 5) is 16.8. The summed E-state index contributed by atoms with van der Waals surface area (Å²) in [6, 6.07) is 10.9. The Hall–Kier alpha value is -2.16. The normalized spacial score (nSPS) is 18.1. The summed E-state index contributed by atoms with van der Waals surface area (Å²) in [5.74, 6) is -0.606. The van der Waals surface area contributed by atoms with Gasteiger partial charge in [-0.3, -0.25) is 4.79 Å². The molecule has 2 aromatic carbocycles. The zero-order valence-electron chi connectivity index (χ0n) is 18.7. The van der Waals surface area contributed by atoms with E-state index < -0.39 is 10.0 Å². The van der Waals surface area contributed by atoms with Gasteiger partial charge in [-0.2, -0.15) is 4.31 Å². The largest absolute Gasteiger partial charge is 0.366 e. The van der Waals surface area contributed by atoms with Crippen LogP contribution in [0.15, 0.2) is 47.4 Å². The van der Waals surface area contributed by atoms with Crippen molar-refractivity contribution < 1.29 is 17.6 Å². The van der Waals surface area contributed by atoms with E-state index in [-0.39, 0.29) is 33.2 Å². The van der Waals surface area contributed by atoms with E-state index >= 15 is 0 Å². The lowest BCUT2D eigenvalue weighted by Crippen LogP contribution is -2.49. The molecule has 1 heterocycles. The number of benzene rings is 2. The van der Waals surface area contributed by atoms with E-state index in [0.29, 0.717) is 31.9 Å². The Balaban J connectivity index is 1.50. The molecule has 33 heavy (non-hydrogen) atoms. The van der Waals surface area contributed by atoms with Gasteiger partial charge in [0.25, 0.3) is 5.91 Å². The van der Waals surface area contributed by atoms with Crippen LogP contribution in [0.1, 0.15) is 42.5 Å². The van der Waals surface area contributed by atoms with Gasteiger partial charge >= 0.3 is 0 Å². The molecule has 0 aromatic heterocycles. The molecule has 0 spiro atoms.